The third-order valence-electron chi connectivity index (χ3n) is 4.99. The fraction of sp³-hybridized carbons (Fsp3) is 0.333. The molecular formula is C18H17N3O5S. The molecule has 0 amide bonds. The largest absolute Gasteiger partial charge is 0.493 e. The van der Waals surface area contributed by atoms with Crippen LogP contribution in [-0.4, -0.2) is 42.6 Å². The van der Waals surface area contributed by atoms with E-state index in [1.54, 1.807) is 30.3 Å². The second-order valence-electron chi connectivity index (χ2n) is 6.65. The number of hydrogen-bond acceptors (Lipinski definition) is 7. The van der Waals surface area contributed by atoms with E-state index in [1.165, 1.54) is 10.6 Å². The van der Waals surface area contributed by atoms with Crippen LogP contribution < -0.4 is 4.74 Å². The van der Waals surface area contributed by atoms with E-state index in [2.05, 4.69) is 10.1 Å². The summed E-state index contributed by atoms with van der Waals surface area (Å²) in [5, 5.41) is 4.01. The highest BCUT2D eigenvalue weighted by molar-refractivity contribution is 7.89. The standard InChI is InChI=1S/C18H17N3O5S/c22-27(23,14-3-4-15-12(10-14)6-9-25-15)21-7-5-13(11-21)17-19-18(26-20-17)16-2-1-8-24-16/h1-4,8,10,13H,5-7,9,11H2/t13-/m1/s1. The Kier molecular flexibility index (Phi) is 3.80. The molecule has 1 saturated heterocycles. The first-order valence-corrected chi connectivity index (χ1v) is 10.2. The van der Waals surface area contributed by atoms with Crippen molar-refractivity contribution in [3.8, 4) is 17.4 Å². The van der Waals surface area contributed by atoms with Crippen molar-refractivity contribution < 1.29 is 22.1 Å². The lowest BCUT2D eigenvalue weighted by atomic mass is 10.1. The van der Waals surface area contributed by atoms with Gasteiger partial charge in [-0.1, -0.05) is 5.16 Å². The zero-order valence-corrected chi connectivity index (χ0v) is 15.2. The Balaban J connectivity index is 1.36. The summed E-state index contributed by atoms with van der Waals surface area (Å²) in [5.74, 6) is 1.96. The Labute approximate surface area is 155 Å². The topological polar surface area (TPSA) is 98.7 Å². The molecule has 2 aliphatic heterocycles. The molecule has 0 saturated carbocycles. The summed E-state index contributed by atoms with van der Waals surface area (Å²) < 4.78 is 43.5. The molecule has 140 valence electrons. The van der Waals surface area contributed by atoms with Gasteiger partial charge < -0.3 is 13.7 Å². The van der Waals surface area contributed by atoms with Gasteiger partial charge in [-0.2, -0.15) is 9.29 Å². The third-order valence-corrected chi connectivity index (χ3v) is 6.85. The highest BCUT2D eigenvalue weighted by Crippen LogP contribution is 2.33. The van der Waals surface area contributed by atoms with Gasteiger partial charge in [0.25, 0.3) is 5.89 Å². The van der Waals surface area contributed by atoms with Gasteiger partial charge in [-0.05, 0) is 42.3 Å². The molecule has 8 nitrogen and oxygen atoms in total. The Morgan fingerprint density at radius 2 is 2.15 bits per heavy atom. The minimum absolute atomic E-state index is 0.106. The minimum atomic E-state index is -3.56. The van der Waals surface area contributed by atoms with Crippen LogP contribution in [0.5, 0.6) is 5.75 Å². The molecule has 2 aliphatic rings. The molecule has 0 N–H and O–H groups in total. The molecule has 0 radical (unpaired) electrons. The van der Waals surface area contributed by atoms with Crippen LogP contribution in [0.25, 0.3) is 11.7 Å². The molecular weight excluding hydrogens is 370 g/mol. The van der Waals surface area contributed by atoms with Gasteiger partial charge in [-0.25, -0.2) is 8.42 Å². The molecule has 4 heterocycles. The van der Waals surface area contributed by atoms with E-state index < -0.39 is 10.0 Å². The van der Waals surface area contributed by atoms with E-state index in [0.717, 1.165) is 17.7 Å². The summed E-state index contributed by atoms with van der Waals surface area (Å²) in [6.45, 7) is 1.35. The lowest BCUT2D eigenvalue weighted by Crippen LogP contribution is -2.28. The van der Waals surface area contributed by atoms with Crippen molar-refractivity contribution in [1.82, 2.24) is 14.4 Å². The van der Waals surface area contributed by atoms with Crippen molar-refractivity contribution in [2.45, 2.75) is 23.7 Å². The summed E-state index contributed by atoms with van der Waals surface area (Å²) in [5.41, 5.74) is 0.938. The number of ether oxygens (including phenoxy) is 1. The maximum atomic E-state index is 13.0. The van der Waals surface area contributed by atoms with E-state index in [-0.39, 0.29) is 5.92 Å². The number of sulfonamides is 1. The predicted molar refractivity (Wildman–Crippen MR) is 93.8 cm³/mol. The van der Waals surface area contributed by atoms with Crippen molar-refractivity contribution in [3.05, 3.63) is 48.0 Å². The van der Waals surface area contributed by atoms with Crippen molar-refractivity contribution in [1.29, 1.82) is 0 Å². The first-order chi connectivity index (χ1) is 13.1. The summed E-state index contributed by atoms with van der Waals surface area (Å²) in [6, 6.07) is 8.53. The van der Waals surface area contributed by atoms with E-state index in [4.69, 9.17) is 13.7 Å². The quantitative estimate of drug-likeness (QED) is 0.678. The first-order valence-electron chi connectivity index (χ1n) is 8.74. The maximum Gasteiger partial charge on any atom is 0.293 e. The minimum Gasteiger partial charge on any atom is -0.493 e. The number of furan rings is 1. The fourth-order valence-electron chi connectivity index (χ4n) is 3.53. The Morgan fingerprint density at radius 1 is 1.22 bits per heavy atom. The average molecular weight is 387 g/mol. The van der Waals surface area contributed by atoms with E-state index in [0.29, 0.717) is 48.5 Å². The molecule has 27 heavy (non-hydrogen) atoms. The van der Waals surface area contributed by atoms with Crippen molar-refractivity contribution in [2.75, 3.05) is 19.7 Å². The lowest BCUT2D eigenvalue weighted by molar-refractivity contribution is 0.356. The summed E-state index contributed by atoms with van der Waals surface area (Å²) in [4.78, 5) is 4.66. The molecule has 1 atom stereocenters. The number of nitrogens with zero attached hydrogens (tertiary/aromatic N) is 3. The van der Waals surface area contributed by atoms with Crippen molar-refractivity contribution in [3.63, 3.8) is 0 Å². The van der Waals surface area contributed by atoms with Crippen LogP contribution in [0, 0.1) is 0 Å². The van der Waals surface area contributed by atoms with E-state index in [9.17, 15) is 8.42 Å². The van der Waals surface area contributed by atoms with Crippen LogP contribution in [0.3, 0.4) is 0 Å². The second-order valence-corrected chi connectivity index (χ2v) is 8.59. The van der Waals surface area contributed by atoms with Gasteiger partial charge in [0.05, 0.1) is 17.8 Å². The van der Waals surface area contributed by atoms with E-state index in [1.807, 2.05) is 0 Å². The SMILES string of the molecule is O=S(=O)(c1ccc2c(c1)CCO2)N1CC[C@@H](c2noc(-c3ccco3)n2)C1. The summed E-state index contributed by atoms with van der Waals surface area (Å²) >= 11 is 0. The van der Waals surface area contributed by atoms with Gasteiger partial charge in [0, 0.05) is 25.4 Å². The predicted octanol–water partition coefficient (Wildman–Crippen LogP) is 2.44. The van der Waals surface area contributed by atoms with Crippen molar-refractivity contribution >= 4 is 10.0 Å². The monoisotopic (exact) mass is 387 g/mol. The normalized spacial score (nSPS) is 19.9. The molecule has 0 bridgehead atoms. The highest BCUT2D eigenvalue weighted by Gasteiger charge is 2.36. The van der Waals surface area contributed by atoms with Gasteiger partial charge in [-0.3, -0.25) is 0 Å². The maximum absolute atomic E-state index is 13.0. The smallest absolute Gasteiger partial charge is 0.293 e. The molecule has 3 aromatic rings. The Hall–Kier alpha value is -2.65. The second kappa shape index (κ2) is 6.21. The van der Waals surface area contributed by atoms with Crippen LogP contribution in [0.15, 0.2) is 50.4 Å². The van der Waals surface area contributed by atoms with Gasteiger partial charge in [0.1, 0.15) is 5.75 Å². The molecule has 5 rings (SSSR count). The zero-order valence-electron chi connectivity index (χ0n) is 14.4. The molecule has 1 aromatic carbocycles. The van der Waals surface area contributed by atoms with Gasteiger partial charge in [0.15, 0.2) is 11.6 Å². The number of benzene rings is 1. The molecule has 0 aliphatic carbocycles. The number of fused-ring (bicyclic) bond motifs is 1. The number of aromatic nitrogens is 2. The summed E-state index contributed by atoms with van der Waals surface area (Å²) in [7, 11) is -3.56. The molecule has 9 heteroatoms. The van der Waals surface area contributed by atoms with Crippen molar-refractivity contribution in [2.24, 2.45) is 0 Å². The van der Waals surface area contributed by atoms with Crippen LogP contribution in [-0.2, 0) is 16.4 Å². The molecule has 0 spiro atoms. The van der Waals surface area contributed by atoms with Gasteiger partial charge >= 0.3 is 0 Å². The zero-order chi connectivity index (χ0) is 18.4. The lowest BCUT2D eigenvalue weighted by Gasteiger charge is -2.16. The van der Waals surface area contributed by atoms with Gasteiger partial charge in [-0.15, -0.1) is 0 Å². The van der Waals surface area contributed by atoms with Crippen LogP contribution >= 0.6 is 0 Å². The molecule has 1 fully saturated rings. The van der Waals surface area contributed by atoms with Gasteiger partial charge in [0.2, 0.25) is 10.0 Å². The first kappa shape index (κ1) is 16.5. The van der Waals surface area contributed by atoms with E-state index >= 15 is 0 Å². The summed E-state index contributed by atoms with van der Waals surface area (Å²) in [6.07, 6.45) is 2.91. The highest BCUT2D eigenvalue weighted by atomic mass is 32.2. The Morgan fingerprint density at radius 3 is 3.00 bits per heavy atom. The average Bonchev–Trinajstić information content (AvgIpc) is 3.48. The Bertz CT molecular complexity index is 1070. The third kappa shape index (κ3) is 2.83. The van der Waals surface area contributed by atoms with Crippen LogP contribution in [0.4, 0.5) is 0 Å². The molecule has 2 aromatic heterocycles. The molecule has 0 unspecified atom stereocenters. The number of hydrogen-bond donors (Lipinski definition) is 0. The van der Waals surface area contributed by atoms with Crippen LogP contribution in [0.2, 0.25) is 0 Å². The van der Waals surface area contributed by atoms with Crippen LogP contribution in [0.1, 0.15) is 23.7 Å². The fourth-order valence-corrected chi connectivity index (χ4v) is 5.08. The number of rotatable bonds is 4.